The van der Waals surface area contributed by atoms with Gasteiger partial charge in [-0.3, -0.25) is 4.40 Å². The van der Waals surface area contributed by atoms with Crippen molar-refractivity contribution in [3.63, 3.8) is 0 Å². The molecule has 4 aromatic carbocycles. The van der Waals surface area contributed by atoms with E-state index >= 15 is 0 Å². The van der Waals surface area contributed by atoms with Crippen molar-refractivity contribution in [1.82, 2.24) is 14.0 Å². The summed E-state index contributed by atoms with van der Waals surface area (Å²) in [6.45, 7) is 0. The molecule has 0 saturated carbocycles. The lowest BCUT2D eigenvalue weighted by atomic mass is 9.99. The van der Waals surface area contributed by atoms with Crippen molar-refractivity contribution >= 4 is 64.9 Å². The third-order valence-corrected chi connectivity index (χ3v) is 9.81. The lowest BCUT2D eigenvalue weighted by Gasteiger charge is -2.14. The highest BCUT2D eigenvalue weighted by Crippen LogP contribution is 2.38. The minimum absolute atomic E-state index is 0.682. The van der Waals surface area contributed by atoms with Crippen LogP contribution in [0.1, 0.15) is 18.4 Å². The molecule has 0 fully saturated rings. The molecule has 8 aromatic rings. The first-order valence-corrected chi connectivity index (χ1v) is 15.3. The molecule has 4 aromatic heterocycles. The monoisotopic (exact) mass is 568 g/mol. The summed E-state index contributed by atoms with van der Waals surface area (Å²) in [5, 5.41) is 13.1. The number of nitriles is 1. The van der Waals surface area contributed by atoms with Crippen LogP contribution in [-0.2, 0) is 0 Å². The Balaban J connectivity index is 1.13. The number of hydrogen-bond acceptors (Lipinski definition) is 3. The van der Waals surface area contributed by atoms with Crippen molar-refractivity contribution in [2.24, 2.45) is 0 Å². The molecule has 0 radical (unpaired) electrons. The highest BCUT2D eigenvalue weighted by Gasteiger charge is 2.16. The van der Waals surface area contributed by atoms with E-state index in [0.29, 0.717) is 5.56 Å². The predicted octanol–water partition coefficient (Wildman–Crippen LogP) is 10.2. The molecule has 5 heteroatoms. The van der Waals surface area contributed by atoms with Crippen LogP contribution in [0.3, 0.4) is 0 Å². The van der Waals surface area contributed by atoms with Crippen LogP contribution >= 0.6 is 11.3 Å². The van der Waals surface area contributed by atoms with Gasteiger partial charge in [-0.25, -0.2) is 4.98 Å². The molecule has 0 aliphatic heterocycles. The Kier molecular flexibility index (Phi) is 5.22. The van der Waals surface area contributed by atoms with Gasteiger partial charge in [-0.2, -0.15) is 5.26 Å². The average molecular weight is 569 g/mol. The Hall–Kier alpha value is -5.44. The maximum Gasteiger partial charge on any atom is 0.138 e. The quantitative estimate of drug-likeness (QED) is 0.213. The summed E-state index contributed by atoms with van der Waals surface area (Å²) in [4.78, 5) is 6.11. The van der Waals surface area contributed by atoms with Crippen molar-refractivity contribution in [2.45, 2.75) is 12.8 Å². The van der Waals surface area contributed by atoms with Gasteiger partial charge in [0, 0.05) is 32.8 Å². The molecule has 202 valence electrons. The third kappa shape index (κ3) is 3.71. The first kappa shape index (κ1) is 24.2. The van der Waals surface area contributed by atoms with Gasteiger partial charge < -0.3 is 4.57 Å². The molecule has 0 spiro atoms. The summed E-state index contributed by atoms with van der Waals surface area (Å²) >= 11 is 1.79. The van der Waals surface area contributed by atoms with Gasteiger partial charge in [0.15, 0.2) is 0 Å². The van der Waals surface area contributed by atoms with Gasteiger partial charge in [0.2, 0.25) is 0 Å². The molecule has 1 aliphatic rings. The fraction of sp³-hybridized carbons (Fsp3) is 0.0526. The average Bonchev–Trinajstić information content (AvgIpc) is 3.72. The number of pyridine rings is 1. The normalized spacial score (nSPS) is 13.4. The van der Waals surface area contributed by atoms with Gasteiger partial charge in [-0.05, 0) is 89.7 Å². The van der Waals surface area contributed by atoms with Crippen LogP contribution in [0.15, 0.2) is 121 Å². The largest absolute Gasteiger partial charge is 0.313 e. The van der Waals surface area contributed by atoms with Crippen LogP contribution < -0.4 is 0 Å². The van der Waals surface area contributed by atoms with Gasteiger partial charge in [-0.1, -0.05) is 60.7 Å². The number of benzene rings is 4. The molecule has 4 heterocycles. The number of allylic oxidation sites excluding steroid dienone is 4. The second-order valence-electron chi connectivity index (χ2n) is 11.1. The first-order chi connectivity index (χ1) is 21.2. The van der Waals surface area contributed by atoms with E-state index in [0.717, 1.165) is 46.0 Å². The van der Waals surface area contributed by atoms with Crippen molar-refractivity contribution in [3.05, 3.63) is 127 Å². The van der Waals surface area contributed by atoms with Crippen LogP contribution in [0.25, 0.3) is 75.8 Å². The Morgan fingerprint density at radius 2 is 1.49 bits per heavy atom. The Labute approximate surface area is 251 Å². The van der Waals surface area contributed by atoms with E-state index in [1.54, 1.807) is 11.3 Å². The highest BCUT2D eigenvalue weighted by atomic mass is 32.1. The third-order valence-electron chi connectivity index (χ3n) is 8.65. The summed E-state index contributed by atoms with van der Waals surface area (Å²) < 4.78 is 5.85. The number of nitrogens with zero attached hydrogens (tertiary/aromatic N) is 4. The van der Waals surface area contributed by atoms with Crippen LogP contribution in [0.4, 0.5) is 0 Å². The van der Waals surface area contributed by atoms with Gasteiger partial charge in [-0.15, -0.1) is 11.3 Å². The van der Waals surface area contributed by atoms with E-state index in [2.05, 4.69) is 124 Å². The molecule has 43 heavy (non-hydrogen) atoms. The van der Waals surface area contributed by atoms with Gasteiger partial charge >= 0.3 is 0 Å². The number of fused-ring (bicyclic) bond motifs is 8. The summed E-state index contributed by atoms with van der Waals surface area (Å²) in [5.41, 5.74) is 11.0. The van der Waals surface area contributed by atoms with Gasteiger partial charge in [0.1, 0.15) is 16.0 Å². The fourth-order valence-electron chi connectivity index (χ4n) is 6.54. The van der Waals surface area contributed by atoms with Crippen LogP contribution in [0, 0.1) is 11.3 Å². The number of hydrogen-bond donors (Lipinski definition) is 0. The molecular formula is C38H24N4S. The smallest absolute Gasteiger partial charge is 0.138 e. The summed E-state index contributed by atoms with van der Waals surface area (Å²) in [6, 6.07) is 36.7. The molecule has 9 rings (SSSR count). The van der Waals surface area contributed by atoms with E-state index in [1.165, 1.54) is 42.6 Å². The number of imidazole rings is 1. The molecule has 0 N–H and O–H groups in total. The van der Waals surface area contributed by atoms with E-state index in [1.807, 2.05) is 12.1 Å². The zero-order valence-electron chi connectivity index (χ0n) is 23.2. The molecule has 0 bridgehead atoms. The van der Waals surface area contributed by atoms with Crippen molar-refractivity contribution in [2.75, 3.05) is 0 Å². The summed E-state index contributed by atoms with van der Waals surface area (Å²) in [6.07, 6.45) is 10.8. The lowest BCUT2D eigenvalue weighted by Crippen LogP contribution is -1.98. The topological polar surface area (TPSA) is 46.0 Å². The fourth-order valence-corrected chi connectivity index (χ4v) is 7.66. The SMILES string of the molecule is N#Cc1ccc2c(c1)c1cc(-c3ccc(-c4ccc5nc6c7ccccc7sc6n5c4)cc3)ccc1n2C1=CC=CCC1. The number of thiophene rings is 1. The zero-order chi connectivity index (χ0) is 28.5. The molecule has 0 saturated heterocycles. The molecule has 0 atom stereocenters. The molecule has 0 unspecified atom stereocenters. The van der Waals surface area contributed by atoms with E-state index in [4.69, 9.17) is 4.98 Å². The Morgan fingerprint density at radius 1 is 0.744 bits per heavy atom. The van der Waals surface area contributed by atoms with Gasteiger partial charge in [0.25, 0.3) is 0 Å². The second kappa shape index (κ2) is 9.29. The minimum atomic E-state index is 0.682. The van der Waals surface area contributed by atoms with Crippen LogP contribution in [0.2, 0.25) is 0 Å². The van der Waals surface area contributed by atoms with Crippen molar-refractivity contribution in [3.8, 4) is 28.3 Å². The number of aromatic nitrogens is 3. The molecule has 0 amide bonds. The standard InChI is InChI=1S/C38H24N4S/c39-22-24-10-17-33-31(20-24)32-21-27(15-18-34(32)42(33)29-6-2-1-3-7-29)25-11-13-26(14-12-25)28-16-19-36-40-37-30-8-4-5-9-35(30)43-38(37)41(36)23-28/h1-2,4-6,8-21,23H,3,7H2. The molecular weight excluding hydrogens is 545 g/mol. The molecule has 1 aliphatic carbocycles. The van der Waals surface area contributed by atoms with E-state index < -0.39 is 0 Å². The minimum Gasteiger partial charge on any atom is -0.313 e. The lowest BCUT2D eigenvalue weighted by molar-refractivity contribution is 0.979. The van der Waals surface area contributed by atoms with E-state index in [-0.39, 0.29) is 0 Å². The predicted molar refractivity (Wildman–Crippen MR) is 179 cm³/mol. The van der Waals surface area contributed by atoms with Crippen LogP contribution in [0.5, 0.6) is 0 Å². The number of rotatable bonds is 3. The van der Waals surface area contributed by atoms with E-state index in [9.17, 15) is 5.26 Å². The Morgan fingerprint density at radius 3 is 2.30 bits per heavy atom. The Bertz CT molecular complexity index is 2510. The highest BCUT2D eigenvalue weighted by molar-refractivity contribution is 7.25. The molecule has 4 nitrogen and oxygen atoms in total. The second-order valence-corrected chi connectivity index (χ2v) is 12.2. The van der Waals surface area contributed by atoms with Gasteiger partial charge in [0.05, 0.1) is 22.7 Å². The summed E-state index contributed by atoms with van der Waals surface area (Å²) in [7, 11) is 0. The maximum absolute atomic E-state index is 9.63. The first-order valence-electron chi connectivity index (χ1n) is 14.5. The zero-order valence-corrected chi connectivity index (χ0v) is 24.0. The van der Waals surface area contributed by atoms with Crippen LogP contribution in [-0.4, -0.2) is 14.0 Å². The van der Waals surface area contributed by atoms with Crippen molar-refractivity contribution < 1.29 is 0 Å². The summed E-state index contributed by atoms with van der Waals surface area (Å²) in [5.74, 6) is 0. The van der Waals surface area contributed by atoms with Crippen molar-refractivity contribution in [1.29, 1.82) is 5.26 Å². The maximum atomic E-state index is 9.63.